The quantitative estimate of drug-likeness (QED) is 0.306. The van der Waals surface area contributed by atoms with Gasteiger partial charge in [0.1, 0.15) is 0 Å². The van der Waals surface area contributed by atoms with Gasteiger partial charge in [-0.25, -0.2) is 0 Å². The molecule has 0 amide bonds. The number of morpholine rings is 1. The fourth-order valence-electron chi connectivity index (χ4n) is 3.94. The summed E-state index contributed by atoms with van der Waals surface area (Å²) >= 11 is 0. The van der Waals surface area contributed by atoms with Crippen molar-refractivity contribution < 1.29 is 4.74 Å². The van der Waals surface area contributed by atoms with Gasteiger partial charge in [0.25, 0.3) is 0 Å². The molecule has 0 radical (unpaired) electrons. The Morgan fingerprint density at radius 1 is 1.25 bits per heavy atom. The summed E-state index contributed by atoms with van der Waals surface area (Å²) in [5.74, 6) is 1.60. The van der Waals surface area contributed by atoms with E-state index in [1.165, 1.54) is 24.1 Å². The topological polar surface area (TPSA) is 77.6 Å². The molecule has 1 aromatic rings. The van der Waals surface area contributed by atoms with Crippen LogP contribution in [0.3, 0.4) is 0 Å². The van der Waals surface area contributed by atoms with Gasteiger partial charge in [0.2, 0.25) is 0 Å². The van der Waals surface area contributed by atoms with Crippen LogP contribution in [0, 0.1) is 12.8 Å². The summed E-state index contributed by atoms with van der Waals surface area (Å²) in [6.45, 7) is 15.1. The SMILES string of the molecule is CCNC(=NCC(C(CC)CC)N1CCOCC1)NCCCc1cn[nH]c1C. The molecule has 1 saturated heterocycles. The molecule has 1 atom stereocenters. The number of aryl methyl sites for hydroxylation is 2. The number of aromatic amines is 1. The Labute approximate surface area is 170 Å². The third-order valence-electron chi connectivity index (χ3n) is 5.74. The van der Waals surface area contributed by atoms with Crippen LogP contribution in [0.2, 0.25) is 0 Å². The van der Waals surface area contributed by atoms with Crippen molar-refractivity contribution in [2.75, 3.05) is 45.9 Å². The average Bonchev–Trinajstić information content (AvgIpc) is 3.13. The van der Waals surface area contributed by atoms with Gasteiger partial charge < -0.3 is 15.4 Å². The van der Waals surface area contributed by atoms with Gasteiger partial charge in [-0.3, -0.25) is 15.0 Å². The molecule has 0 aliphatic carbocycles. The van der Waals surface area contributed by atoms with Crippen LogP contribution in [-0.4, -0.2) is 73.0 Å². The van der Waals surface area contributed by atoms with Crippen LogP contribution >= 0.6 is 0 Å². The first-order valence-electron chi connectivity index (χ1n) is 11.0. The minimum absolute atomic E-state index is 0.489. The Kier molecular flexibility index (Phi) is 10.4. The zero-order valence-corrected chi connectivity index (χ0v) is 18.3. The van der Waals surface area contributed by atoms with Crippen molar-refractivity contribution in [2.24, 2.45) is 10.9 Å². The van der Waals surface area contributed by atoms with E-state index < -0.39 is 0 Å². The summed E-state index contributed by atoms with van der Waals surface area (Å²) in [4.78, 5) is 7.53. The maximum Gasteiger partial charge on any atom is 0.191 e. The fraction of sp³-hybridized carbons (Fsp3) is 0.810. The van der Waals surface area contributed by atoms with Gasteiger partial charge in [0, 0.05) is 37.9 Å². The highest BCUT2D eigenvalue weighted by atomic mass is 16.5. The molecule has 28 heavy (non-hydrogen) atoms. The van der Waals surface area contributed by atoms with Crippen molar-refractivity contribution in [1.29, 1.82) is 0 Å². The number of aromatic nitrogens is 2. The molecular formula is C21H40N6O. The third kappa shape index (κ3) is 7.09. The van der Waals surface area contributed by atoms with E-state index in [1.807, 2.05) is 6.20 Å². The Morgan fingerprint density at radius 3 is 2.61 bits per heavy atom. The van der Waals surface area contributed by atoms with E-state index in [-0.39, 0.29) is 0 Å². The second-order valence-electron chi connectivity index (χ2n) is 7.56. The van der Waals surface area contributed by atoms with Crippen molar-refractivity contribution in [3.8, 4) is 0 Å². The van der Waals surface area contributed by atoms with Gasteiger partial charge in [0.15, 0.2) is 5.96 Å². The maximum absolute atomic E-state index is 5.56. The normalized spacial score (nSPS) is 17.1. The summed E-state index contributed by atoms with van der Waals surface area (Å²) in [5.41, 5.74) is 2.46. The molecule has 1 fully saturated rings. The number of ether oxygens (including phenoxy) is 1. The molecule has 7 heteroatoms. The van der Waals surface area contributed by atoms with Crippen LogP contribution < -0.4 is 10.6 Å². The zero-order valence-electron chi connectivity index (χ0n) is 18.3. The van der Waals surface area contributed by atoms with Crippen LogP contribution in [-0.2, 0) is 11.2 Å². The molecule has 0 spiro atoms. The van der Waals surface area contributed by atoms with E-state index in [9.17, 15) is 0 Å². The van der Waals surface area contributed by atoms with E-state index >= 15 is 0 Å². The number of guanidine groups is 1. The van der Waals surface area contributed by atoms with Gasteiger partial charge >= 0.3 is 0 Å². The summed E-state index contributed by atoms with van der Waals surface area (Å²) < 4.78 is 5.56. The molecule has 2 rings (SSSR count). The minimum Gasteiger partial charge on any atom is -0.379 e. The molecule has 1 aromatic heterocycles. The monoisotopic (exact) mass is 392 g/mol. The predicted octanol–water partition coefficient (Wildman–Crippen LogP) is 2.34. The van der Waals surface area contributed by atoms with Crippen molar-refractivity contribution in [3.63, 3.8) is 0 Å². The Bertz CT molecular complexity index is 563. The minimum atomic E-state index is 0.489. The Hall–Kier alpha value is -1.60. The molecule has 2 heterocycles. The van der Waals surface area contributed by atoms with Crippen LogP contribution in [0.25, 0.3) is 0 Å². The second-order valence-corrected chi connectivity index (χ2v) is 7.56. The van der Waals surface area contributed by atoms with Crippen molar-refractivity contribution in [2.45, 2.75) is 59.4 Å². The lowest BCUT2D eigenvalue weighted by atomic mass is 9.92. The zero-order chi connectivity index (χ0) is 20.2. The number of aliphatic imine (C=N–C) groups is 1. The molecule has 1 unspecified atom stereocenters. The fourth-order valence-corrected chi connectivity index (χ4v) is 3.94. The molecule has 1 aliphatic heterocycles. The molecule has 160 valence electrons. The predicted molar refractivity (Wildman–Crippen MR) is 116 cm³/mol. The molecule has 7 nitrogen and oxygen atoms in total. The first-order valence-corrected chi connectivity index (χ1v) is 11.0. The molecule has 0 saturated carbocycles. The summed E-state index contributed by atoms with van der Waals surface area (Å²) in [5, 5.41) is 14.0. The second kappa shape index (κ2) is 12.8. The molecule has 3 N–H and O–H groups in total. The lowest BCUT2D eigenvalue weighted by Gasteiger charge is -2.38. The lowest BCUT2D eigenvalue weighted by molar-refractivity contribution is 0.00395. The first kappa shape index (κ1) is 22.7. The summed E-state index contributed by atoms with van der Waals surface area (Å²) in [6.07, 6.45) is 6.41. The first-order chi connectivity index (χ1) is 13.7. The molecule has 0 aromatic carbocycles. The van der Waals surface area contributed by atoms with Crippen LogP contribution in [0.4, 0.5) is 0 Å². The lowest BCUT2D eigenvalue weighted by Crippen LogP contribution is -2.49. The largest absolute Gasteiger partial charge is 0.379 e. The third-order valence-corrected chi connectivity index (χ3v) is 5.74. The van der Waals surface area contributed by atoms with E-state index in [4.69, 9.17) is 9.73 Å². The highest BCUT2D eigenvalue weighted by molar-refractivity contribution is 5.79. The molecule has 1 aliphatic rings. The Balaban J connectivity index is 1.90. The molecule has 0 bridgehead atoms. The van der Waals surface area contributed by atoms with Crippen molar-refractivity contribution in [3.05, 3.63) is 17.5 Å². The van der Waals surface area contributed by atoms with Gasteiger partial charge in [-0.15, -0.1) is 0 Å². The number of rotatable bonds is 11. The van der Waals surface area contributed by atoms with Crippen molar-refractivity contribution >= 4 is 5.96 Å². The van der Waals surface area contributed by atoms with Gasteiger partial charge in [0.05, 0.1) is 26.0 Å². The standard InChI is InChI=1S/C21H40N6O/c1-5-18(6-2)20(27-11-13-28-14-12-27)16-24-21(22-7-3)23-10-8-9-19-15-25-26-17(19)4/h15,18,20H,5-14,16H2,1-4H3,(H,25,26)(H2,22,23,24). The average molecular weight is 393 g/mol. The van der Waals surface area contributed by atoms with Crippen LogP contribution in [0.1, 0.15) is 51.3 Å². The van der Waals surface area contributed by atoms with E-state index in [0.717, 1.165) is 64.7 Å². The summed E-state index contributed by atoms with van der Waals surface area (Å²) in [7, 11) is 0. The summed E-state index contributed by atoms with van der Waals surface area (Å²) in [6, 6.07) is 0.489. The van der Waals surface area contributed by atoms with E-state index in [1.54, 1.807) is 0 Å². The van der Waals surface area contributed by atoms with Gasteiger partial charge in [-0.1, -0.05) is 26.7 Å². The maximum atomic E-state index is 5.56. The number of hydrogen-bond acceptors (Lipinski definition) is 4. The Morgan fingerprint density at radius 2 is 2.00 bits per heavy atom. The smallest absolute Gasteiger partial charge is 0.191 e. The number of H-pyrrole nitrogens is 1. The number of nitrogens with zero attached hydrogens (tertiary/aromatic N) is 3. The van der Waals surface area contributed by atoms with Gasteiger partial charge in [-0.05, 0) is 38.2 Å². The van der Waals surface area contributed by atoms with Gasteiger partial charge in [-0.2, -0.15) is 5.10 Å². The highest BCUT2D eigenvalue weighted by Gasteiger charge is 2.26. The highest BCUT2D eigenvalue weighted by Crippen LogP contribution is 2.20. The molecular weight excluding hydrogens is 352 g/mol. The van der Waals surface area contributed by atoms with Crippen molar-refractivity contribution in [1.82, 2.24) is 25.7 Å². The van der Waals surface area contributed by atoms with Crippen LogP contribution in [0.5, 0.6) is 0 Å². The van der Waals surface area contributed by atoms with E-state index in [0.29, 0.717) is 12.0 Å². The number of hydrogen-bond donors (Lipinski definition) is 3. The van der Waals surface area contributed by atoms with E-state index in [2.05, 4.69) is 53.4 Å². The van der Waals surface area contributed by atoms with Crippen LogP contribution in [0.15, 0.2) is 11.2 Å². The number of nitrogens with one attached hydrogen (secondary N) is 3.